The number of benzene rings is 2. The molecule has 0 aliphatic carbocycles. The molecule has 0 saturated carbocycles. The highest BCUT2D eigenvalue weighted by atomic mass is 79.9. The van der Waals surface area contributed by atoms with E-state index in [2.05, 4.69) is 28.2 Å². The molecule has 0 fully saturated rings. The zero-order valence-corrected chi connectivity index (χ0v) is 13.9. The van der Waals surface area contributed by atoms with E-state index in [1.807, 2.05) is 36.4 Å². The van der Waals surface area contributed by atoms with Crippen molar-refractivity contribution >= 4 is 33.4 Å². The predicted octanol–water partition coefficient (Wildman–Crippen LogP) is 6.33. The highest BCUT2D eigenvalue weighted by Crippen LogP contribution is 2.34. The summed E-state index contributed by atoms with van der Waals surface area (Å²) in [7, 11) is 0. The number of rotatable bonds is 6. The molecule has 0 bridgehead atoms. The first-order valence-corrected chi connectivity index (χ1v) is 8.33. The molecule has 0 amide bonds. The zero-order chi connectivity index (χ0) is 15.2. The Balaban J connectivity index is 2.23. The molecule has 0 aliphatic heterocycles. The van der Waals surface area contributed by atoms with Gasteiger partial charge in [0.05, 0.1) is 6.04 Å². The Morgan fingerprint density at radius 3 is 2.57 bits per heavy atom. The van der Waals surface area contributed by atoms with Gasteiger partial charge in [-0.25, -0.2) is 0 Å². The summed E-state index contributed by atoms with van der Waals surface area (Å²) in [5, 5.41) is 3.37. The molecule has 2 rings (SSSR count). The Morgan fingerprint density at radius 2 is 1.90 bits per heavy atom. The van der Waals surface area contributed by atoms with Gasteiger partial charge < -0.3 is 5.32 Å². The third-order valence-electron chi connectivity index (χ3n) is 3.09. The second kappa shape index (κ2) is 7.80. The highest BCUT2D eigenvalue weighted by Gasteiger charge is 2.14. The average Bonchev–Trinajstić information content (AvgIpc) is 2.45. The van der Waals surface area contributed by atoms with E-state index >= 15 is 0 Å². The normalized spacial score (nSPS) is 12.4. The van der Waals surface area contributed by atoms with Crippen molar-refractivity contribution in [3.8, 4) is 0 Å². The predicted molar refractivity (Wildman–Crippen MR) is 89.1 cm³/mol. The third kappa shape index (κ3) is 4.71. The van der Waals surface area contributed by atoms with Crippen molar-refractivity contribution in [3.63, 3.8) is 0 Å². The van der Waals surface area contributed by atoms with Gasteiger partial charge in [0.2, 0.25) is 0 Å². The summed E-state index contributed by atoms with van der Waals surface area (Å²) >= 11 is 4.03. The highest BCUT2D eigenvalue weighted by molar-refractivity contribution is 9.10. The van der Waals surface area contributed by atoms with Gasteiger partial charge in [0.25, 0.3) is 5.76 Å². The molecular formula is C16H16BrF2NS. The molecule has 2 aromatic rings. The van der Waals surface area contributed by atoms with Crippen LogP contribution in [0.2, 0.25) is 0 Å². The standard InChI is InChI=1S/C16H16BrF2NS/c1-2-13(11-6-5-7-12(17)10-11)20-14-8-3-4-9-15(14)21-16(18)19/h3-10,13,16,20H,2H2,1H3. The lowest BCUT2D eigenvalue weighted by Gasteiger charge is -2.21. The molecule has 5 heteroatoms. The number of alkyl halides is 2. The first-order valence-electron chi connectivity index (χ1n) is 6.66. The monoisotopic (exact) mass is 371 g/mol. The lowest BCUT2D eigenvalue weighted by molar-refractivity contribution is 0.252. The van der Waals surface area contributed by atoms with Crippen LogP contribution in [0.25, 0.3) is 0 Å². The fourth-order valence-corrected chi connectivity index (χ4v) is 3.14. The summed E-state index contributed by atoms with van der Waals surface area (Å²) in [6.45, 7) is 2.07. The number of hydrogen-bond acceptors (Lipinski definition) is 2. The van der Waals surface area contributed by atoms with E-state index in [1.54, 1.807) is 12.1 Å². The van der Waals surface area contributed by atoms with Crippen LogP contribution in [-0.4, -0.2) is 5.76 Å². The quantitative estimate of drug-likeness (QED) is 0.595. The van der Waals surface area contributed by atoms with Gasteiger partial charge in [-0.05, 0) is 36.2 Å². The maximum atomic E-state index is 12.6. The van der Waals surface area contributed by atoms with Crippen LogP contribution in [0.3, 0.4) is 0 Å². The van der Waals surface area contributed by atoms with Crippen molar-refractivity contribution in [3.05, 3.63) is 58.6 Å². The van der Waals surface area contributed by atoms with Crippen molar-refractivity contribution in [1.82, 2.24) is 0 Å². The molecule has 1 unspecified atom stereocenters. The van der Waals surface area contributed by atoms with E-state index in [0.717, 1.165) is 22.1 Å². The smallest absolute Gasteiger partial charge is 0.288 e. The van der Waals surface area contributed by atoms with Gasteiger partial charge in [-0.3, -0.25) is 0 Å². The fraction of sp³-hybridized carbons (Fsp3) is 0.250. The SMILES string of the molecule is CCC(Nc1ccccc1SC(F)F)c1cccc(Br)c1. The molecule has 0 saturated heterocycles. The van der Waals surface area contributed by atoms with Crippen LogP contribution in [0.4, 0.5) is 14.5 Å². The minimum Gasteiger partial charge on any atom is -0.377 e. The molecule has 112 valence electrons. The second-order valence-corrected chi connectivity index (χ2v) is 6.48. The number of halogens is 3. The molecule has 1 nitrogen and oxygen atoms in total. The summed E-state index contributed by atoms with van der Waals surface area (Å²) in [5.41, 5.74) is 1.87. The summed E-state index contributed by atoms with van der Waals surface area (Å²) in [4.78, 5) is 0.570. The van der Waals surface area contributed by atoms with Crippen molar-refractivity contribution in [2.75, 3.05) is 5.32 Å². The number of anilines is 1. The van der Waals surface area contributed by atoms with Gasteiger partial charge in [-0.15, -0.1) is 0 Å². The average molecular weight is 372 g/mol. The lowest BCUT2D eigenvalue weighted by Crippen LogP contribution is -2.10. The van der Waals surface area contributed by atoms with E-state index in [4.69, 9.17) is 0 Å². The molecule has 1 N–H and O–H groups in total. The second-order valence-electron chi connectivity index (χ2n) is 4.53. The maximum absolute atomic E-state index is 12.6. The summed E-state index contributed by atoms with van der Waals surface area (Å²) in [5.74, 6) is -2.42. The minimum atomic E-state index is -2.42. The van der Waals surface area contributed by atoms with Gasteiger partial charge in [0.1, 0.15) is 0 Å². The Labute approximate surface area is 136 Å². The van der Waals surface area contributed by atoms with Gasteiger partial charge in [-0.2, -0.15) is 8.78 Å². The van der Waals surface area contributed by atoms with Crippen LogP contribution in [0.1, 0.15) is 24.9 Å². The fourth-order valence-electron chi connectivity index (χ4n) is 2.12. The van der Waals surface area contributed by atoms with Crippen LogP contribution in [0.5, 0.6) is 0 Å². The molecule has 0 aromatic heterocycles. The van der Waals surface area contributed by atoms with E-state index in [0.29, 0.717) is 16.7 Å². The molecule has 0 aliphatic rings. The van der Waals surface area contributed by atoms with Crippen LogP contribution in [0, 0.1) is 0 Å². The molecule has 21 heavy (non-hydrogen) atoms. The lowest BCUT2D eigenvalue weighted by atomic mass is 10.0. The number of nitrogens with one attached hydrogen (secondary N) is 1. The maximum Gasteiger partial charge on any atom is 0.288 e. The van der Waals surface area contributed by atoms with Gasteiger partial charge >= 0.3 is 0 Å². The van der Waals surface area contributed by atoms with Crippen LogP contribution in [0.15, 0.2) is 57.9 Å². The summed E-state index contributed by atoms with van der Waals surface area (Å²) < 4.78 is 26.3. The molecule has 0 heterocycles. The largest absolute Gasteiger partial charge is 0.377 e. The van der Waals surface area contributed by atoms with Gasteiger partial charge in [-0.1, -0.05) is 58.9 Å². The van der Waals surface area contributed by atoms with E-state index in [-0.39, 0.29) is 6.04 Å². The first-order chi connectivity index (χ1) is 10.1. The Hall–Kier alpha value is -1.07. The summed E-state index contributed by atoms with van der Waals surface area (Å²) in [6.07, 6.45) is 0.865. The molecular weight excluding hydrogens is 356 g/mol. The minimum absolute atomic E-state index is 0.0851. The number of thioether (sulfide) groups is 1. The van der Waals surface area contributed by atoms with Gasteiger partial charge in [0, 0.05) is 15.1 Å². The zero-order valence-electron chi connectivity index (χ0n) is 11.5. The molecule has 0 spiro atoms. The van der Waals surface area contributed by atoms with Crippen LogP contribution in [-0.2, 0) is 0 Å². The number of hydrogen-bond donors (Lipinski definition) is 1. The third-order valence-corrected chi connectivity index (χ3v) is 4.37. The van der Waals surface area contributed by atoms with E-state index in [9.17, 15) is 8.78 Å². The van der Waals surface area contributed by atoms with Crippen molar-refractivity contribution in [2.45, 2.75) is 30.0 Å². The Bertz CT molecular complexity index is 592. The van der Waals surface area contributed by atoms with Crippen molar-refractivity contribution in [1.29, 1.82) is 0 Å². The topological polar surface area (TPSA) is 12.0 Å². The first kappa shape index (κ1) is 16.3. The molecule has 0 radical (unpaired) electrons. The van der Waals surface area contributed by atoms with E-state index in [1.165, 1.54) is 0 Å². The molecule has 1 atom stereocenters. The molecule has 2 aromatic carbocycles. The van der Waals surface area contributed by atoms with E-state index < -0.39 is 5.76 Å². The summed E-state index contributed by atoms with van der Waals surface area (Å²) in [6, 6.07) is 15.3. The van der Waals surface area contributed by atoms with Crippen LogP contribution < -0.4 is 5.32 Å². The number of para-hydroxylation sites is 1. The van der Waals surface area contributed by atoms with Gasteiger partial charge in [0.15, 0.2) is 0 Å². The Kier molecular flexibility index (Phi) is 6.06. The van der Waals surface area contributed by atoms with Crippen molar-refractivity contribution in [2.24, 2.45) is 0 Å². The van der Waals surface area contributed by atoms with Crippen molar-refractivity contribution < 1.29 is 8.78 Å². The Morgan fingerprint density at radius 1 is 1.14 bits per heavy atom. The van der Waals surface area contributed by atoms with Crippen LogP contribution >= 0.6 is 27.7 Å².